The lowest BCUT2D eigenvalue weighted by atomic mass is 9.88. The fraction of sp³-hybridized carbons (Fsp3) is 0.394. The van der Waals surface area contributed by atoms with Crippen molar-refractivity contribution in [2.75, 3.05) is 25.1 Å². The molecule has 2 atom stereocenters. The monoisotopic (exact) mass is 621 g/mol. The van der Waals surface area contributed by atoms with Gasteiger partial charge in [0.1, 0.15) is 10.8 Å². The van der Waals surface area contributed by atoms with E-state index in [9.17, 15) is 14.4 Å². The SMILES string of the molecule is CCOC(=O)c1c(NC(=O)c2ccc(OC(C)C(=O)NN=Cc3ccc(OCC)c(OCC)c3)cc2)sc2c1CCC(C)C2. The molecule has 2 amide bonds. The van der Waals surface area contributed by atoms with Gasteiger partial charge in [-0.25, -0.2) is 10.2 Å². The molecule has 2 aromatic carbocycles. The highest BCUT2D eigenvalue weighted by molar-refractivity contribution is 7.17. The molecule has 1 aromatic heterocycles. The molecular weight excluding hydrogens is 582 g/mol. The number of fused-ring (bicyclic) bond motifs is 1. The first-order valence-electron chi connectivity index (χ1n) is 14.9. The second kappa shape index (κ2) is 15.4. The van der Waals surface area contributed by atoms with Crippen LogP contribution in [0.5, 0.6) is 17.2 Å². The van der Waals surface area contributed by atoms with Crippen molar-refractivity contribution in [3.05, 3.63) is 69.6 Å². The van der Waals surface area contributed by atoms with E-state index in [1.54, 1.807) is 50.2 Å². The Labute approximate surface area is 261 Å². The number of hydrogen-bond acceptors (Lipinski definition) is 9. The lowest BCUT2D eigenvalue weighted by molar-refractivity contribution is -0.127. The van der Waals surface area contributed by atoms with E-state index in [2.05, 4.69) is 22.8 Å². The van der Waals surface area contributed by atoms with Crippen LogP contribution in [0.2, 0.25) is 0 Å². The molecule has 2 N–H and O–H groups in total. The summed E-state index contributed by atoms with van der Waals surface area (Å²) in [4.78, 5) is 39.6. The smallest absolute Gasteiger partial charge is 0.341 e. The molecule has 0 radical (unpaired) electrons. The standard InChI is InChI=1S/C33H39N3O7S/c1-6-40-26-16-10-22(18-27(26)41-7-2)19-34-36-30(37)21(5)43-24-13-11-23(12-14-24)31(38)35-32-29(33(39)42-8-3)25-15-9-20(4)17-28(25)44-32/h10-14,16,18-21H,6-9,15,17H2,1-5H3,(H,35,38)(H,36,37). The van der Waals surface area contributed by atoms with E-state index in [1.807, 2.05) is 19.9 Å². The average molecular weight is 622 g/mol. The van der Waals surface area contributed by atoms with E-state index in [1.165, 1.54) is 17.6 Å². The molecule has 0 saturated carbocycles. The van der Waals surface area contributed by atoms with Gasteiger partial charge in [0, 0.05) is 10.4 Å². The minimum Gasteiger partial charge on any atom is -0.490 e. The topological polar surface area (TPSA) is 125 Å². The highest BCUT2D eigenvalue weighted by atomic mass is 32.1. The van der Waals surface area contributed by atoms with Crippen LogP contribution in [0, 0.1) is 5.92 Å². The van der Waals surface area contributed by atoms with E-state index in [0.29, 0.717) is 52.5 Å². The third-order valence-electron chi connectivity index (χ3n) is 6.97. The first-order chi connectivity index (χ1) is 21.2. The molecule has 234 valence electrons. The molecule has 1 aliphatic rings. The Hall–Kier alpha value is -4.38. The largest absolute Gasteiger partial charge is 0.490 e. The number of esters is 1. The molecule has 4 rings (SSSR count). The van der Waals surface area contributed by atoms with Gasteiger partial charge in [0.05, 0.1) is 31.6 Å². The predicted molar refractivity (Wildman–Crippen MR) is 170 cm³/mol. The lowest BCUT2D eigenvalue weighted by Gasteiger charge is -2.18. The third-order valence-corrected chi connectivity index (χ3v) is 8.14. The van der Waals surface area contributed by atoms with Gasteiger partial charge in [-0.05, 0) is 106 Å². The predicted octanol–water partition coefficient (Wildman–Crippen LogP) is 6.02. The molecule has 0 fully saturated rings. The van der Waals surface area contributed by atoms with Crippen molar-refractivity contribution in [3.8, 4) is 17.2 Å². The summed E-state index contributed by atoms with van der Waals surface area (Å²) in [7, 11) is 0. The van der Waals surface area contributed by atoms with Crippen LogP contribution in [0.1, 0.15) is 77.8 Å². The number of thiophene rings is 1. The number of nitrogens with one attached hydrogen (secondary N) is 2. The normalized spacial score (nSPS) is 14.8. The molecule has 3 aromatic rings. The number of carbonyl (C=O) groups is 3. The van der Waals surface area contributed by atoms with Gasteiger partial charge in [0.25, 0.3) is 11.8 Å². The average Bonchev–Trinajstić information content (AvgIpc) is 3.35. The van der Waals surface area contributed by atoms with Crippen LogP contribution in [0.25, 0.3) is 0 Å². The quantitative estimate of drug-likeness (QED) is 0.136. The summed E-state index contributed by atoms with van der Waals surface area (Å²) < 4.78 is 22.2. The van der Waals surface area contributed by atoms with Crippen LogP contribution in [0.15, 0.2) is 47.6 Å². The zero-order chi connectivity index (χ0) is 31.6. The van der Waals surface area contributed by atoms with Crippen LogP contribution < -0.4 is 25.0 Å². The fourth-order valence-electron chi connectivity index (χ4n) is 4.79. The number of rotatable bonds is 13. The number of carbonyl (C=O) groups excluding carboxylic acids is 3. The maximum atomic E-state index is 13.1. The molecule has 44 heavy (non-hydrogen) atoms. The van der Waals surface area contributed by atoms with Crippen molar-refractivity contribution in [3.63, 3.8) is 0 Å². The van der Waals surface area contributed by atoms with Crippen molar-refractivity contribution in [2.45, 2.75) is 60.0 Å². The Morgan fingerprint density at radius 1 is 1.02 bits per heavy atom. The number of benzene rings is 2. The van der Waals surface area contributed by atoms with Crippen molar-refractivity contribution in [2.24, 2.45) is 11.0 Å². The number of amides is 2. The summed E-state index contributed by atoms with van der Waals surface area (Å²) in [5, 5.41) is 7.46. The van der Waals surface area contributed by atoms with Gasteiger partial charge in [-0.3, -0.25) is 9.59 Å². The molecule has 0 aliphatic heterocycles. The number of hydrazone groups is 1. The molecule has 0 saturated heterocycles. The second-order valence-corrected chi connectivity index (χ2v) is 11.4. The number of anilines is 1. The summed E-state index contributed by atoms with van der Waals surface area (Å²) in [5.41, 5.74) is 5.04. The summed E-state index contributed by atoms with van der Waals surface area (Å²) >= 11 is 1.44. The van der Waals surface area contributed by atoms with Crippen LogP contribution in [-0.4, -0.2) is 49.9 Å². The Kier molecular flexibility index (Phi) is 11.4. The van der Waals surface area contributed by atoms with Gasteiger partial charge < -0.3 is 24.3 Å². The summed E-state index contributed by atoms with van der Waals surface area (Å²) in [6.45, 7) is 10.6. The van der Waals surface area contributed by atoms with Crippen LogP contribution in [0.3, 0.4) is 0 Å². The van der Waals surface area contributed by atoms with Crippen molar-refractivity contribution in [1.82, 2.24) is 5.43 Å². The fourth-order valence-corrected chi connectivity index (χ4v) is 6.18. The van der Waals surface area contributed by atoms with Crippen LogP contribution in [0.4, 0.5) is 5.00 Å². The number of hydrogen-bond donors (Lipinski definition) is 2. The van der Waals surface area contributed by atoms with Gasteiger partial charge >= 0.3 is 5.97 Å². The minimum atomic E-state index is -0.849. The molecule has 1 heterocycles. The number of ether oxygens (including phenoxy) is 4. The van der Waals surface area contributed by atoms with E-state index in [0.717, 1.165) is 35.3 Å². The van der Waals surface area contributed by atoms with E-state index >= 15 is 0 Å². The van der Waals surface area contributed by atoms with Crippen molar-refractivity contribution >= 4 is 40.3 Å². The zero-order valence-corrected chi connectivity index (χ0v) is 26.5. The van der Waals surface area contributed by atoms with Gasteiger partial charge in [-0.2, -0.15) is 5.10 Å². The molecule has 11 heteroatoms. The maximum Gasteiger partial charge on any atom is 0.341 e. The summed E-state index contributed by atoms with van der Waals surface area (Å²) in [5.74, 6) is 0.969. The van der Waals surface area contributed by atoms with E-state index in [-0.39, 0.29) is 12.5 Å². The van der Waals surface area contributed by atoms with E-state index in [4.69, 9.17) is 18.9 Å². The van der Waals surface area contributed by atoms with Gasteiger partial charge in [-0.1, -0.05) is 6.92 Å². The van der Waals surface area contributed by atoms with Gasteiger partial charge in [-0.15, -0.1) is 11.3 Å². The van der Waals surface area contributed by atoms with Crippen molar-refractivity contribution in [1.29, 1.82) is 0 Å². The second-order valence-electron chi connectivity index (χ2n) is 10.3. The highest BCUT2D eigenvalue weighted by Crippen LogP contribution is 2.40. The lowest BCUT2D eigenvalue weighted by Crippen LogP contribution is -2.33. The molecule has 0 bridgehead atoms. The number of nitrogens with zero attached hydrogens (tertiary/aromatic N) is 1. The molecule has 10 nitrogen and oxygen atoms in total. The summed E-state index contributed by atoms with van der Waals surface area (Å²) in [6, 6.07) is 11.8. The Balaban J connectivity index is 1.35. The molecular formula is C33H39N3O7S. The highest BCUT2D eigenvalue weighted by Gasteiger charge is 2.29. The van der Waals surface area contributed by atoms with E-state index < -0.39 is 18.0 Å². The molecule has 0 spiro atoms. The Morgan fingerprint density at radius 2 is 1.75 bits per heavy atom. The first kappa shape index (κ1) is 32.5. The summed E-state index contributed by atoms with van der Waals surface area (Å²) in [6.07, 6.45) is 3.32. The van der Waals surface area contributed by atoms with Crippen molar-refractivity contribution < 1.29 is 33.3 Å². The zero-order valence-electron chi connectivity index (χ0n) is 25.7. The molecule has 1 aliphatic carbocycles. The molecule has 2 unspecified atom stereocenters. The van der Waals surface area contributed by atoms with Crippen LogP contribution in [-0.2, 0) is 22.4 Å². The minimum absolute atomic E-state index is 0.259. The Morgan fingerprint density at radius 3 is 2.45 bits per heavy atom. The van der Waals surface area contributed by atoms with Crippen LogP contribution >= 0.6 is 11.3 Å². The van der Waals surface area contributed by atoms with Gasteiger partial charge in [0.2, 0.25) is 0 Å². The first-order valence-corrected chi connectivity index (χ1v) is 15.7. The van der Waals surface area contributed by atoms with Gasteiger partial charge in [0.15, 0.2) is 17.6 Å². The maximum absolute atomic E-state index is 13.1. The third kappa shape index (κ3) is 8.16. The Bertz CT molecular complexity index is 1500.